The Hall–Kier alpha value is -2.20. The van der Waals surface area contributed by atoms with Crippen molar-refractivity contribution in [2.24, 2.45) is 11.3 Å². The minimum atomic E-state index is -0.692. The summed E-state index contributed by atoms with van der Waals surface area (Å²) in [7, 11) is 0. The van der Waals surface area contributed by atoms with Crippen molar-refractivity contribution in [1.29, 1.82) is 10.5 Å². The molecule has 1 aliphatic heterocycles. The average molecular weight is 268 g/mol. The minimum Gasteiger partial charge on any atom is -0.450 e. The summed E-state index contributed by atoms with van der Waals surface area (Å²) < 4.78 is 11.8. The Bertz CT molecular complexity index is 540. The molecule has 0 N–H and O–H groups in total. The van der Waals surface area contributed by atoms with Crippen LogP contribution in [0.1, 0.15) is 32.1 Å². The van der Waals surface area contributed by atoms with Crippen LogP contribution in [-0.4, -0.2) is 6.29 Å². The van der Waals surface area contributed by atoms with Gasteiger partial charge in [0.2, 0.25) is 6.29 Å². The maximum Gasteiger partial charge on any atom is 0.249 e. The van der Waals surface area contributed by atoms with Crippen LogP contribution < -0.4 is 9.47 Å². The third-order valence-corrected chi connectivity index (χ3v) is 4.40. The zero-order chi connectivity index (χ0) is 14.0. The van der Waals surface area contributed by atoms with E-state index in [4.69, 9.17) is 9.47 Å². The van der Waals surface area contributed by atoms with Gasteiger partial charge in [-0.15, -0.1) is 0 Å². The Morgan fingerprint density at radius 1 is 1.00 bits per heavy atom. The largest absolute Gasteiger partial charge is 0.450 e. The monoisotopic (exact) mass is 268 g/mol. The molecule has 1 aromatic rings. The van der Waals surface area contributed by atoms with Gasteiger partial charge in [0, 0.05) is 0 Å². The van der Waals surface area contributed by atoms with Crippen LogP contribution in [0.4, 0.5) is 0 Å². The van der Waals surface area contributed by atoms with Crippen molar-refractivity contribution in [3.05, 3.63) is 24.3 Å². The molecule has 1 saturated carbocycles. The Morgan fingerprint density at radius 2 is 1.55 bits per heavy atom. The highest BCUT2D eigenvalue weighted by Gasteiger charge is 2.52. The van der Waals surface area contributed by atoms with Gasteiger partial charge in [0.05, 0.1) is 17.6 Å². The molecule has 0 bridgehead atoms. The number of ether oxygens (including phenoxy) is 2. The van der Waals surface area contributed by atoms with Crippen LogP contribution in [0.3, 0.4) is 0 Å². The lowest BCUT2D eigenvalue weighted by molar-refractivity contribution is -0.0968. The number of nitrogens with zero attached hydrogens (tertiary/aromatic N) is 2. The predicted molar refractivity (Wildman–Crippen MR) is 71.7 cm³/mol. The summed E-state index contributed by atoms with van der Waals surface area (Å²) in [5.74, 6) is 0.719. The quantitative estimate of drug-likeness (QED) is 0.824. The third kappa shape index (κ3) is 1.89. The summed E-state index contributed by atoms with van der Waals surface area (Å²) in [6.45, 7) is 0. The molecule has 1 aliphatic carbocycles. The lowest BCUT2D eigenvalue weighted by atomic mass is 9.66. The molecule has 1 aromatic carbocycles. The van der Waals surface area contributed by atoms with E-state index >= 15 is 0 Å². The fourth-order valence-corrected chi connectivity index (χ4v) is 3.29. The Labute approximate surface area is 118 Å². The van der Waals surface area contributed by atoms with E-state index < -0.39 is 17.6 Å². The third-order valence-electron chi connectivity index (χ3n) is 4.40. The van der Waals surface area contributed by atoms with Gasteiger partial charge in [-0.1, -0.05) is 31.4 Å². The standard InChI is InChI=1S/C16H16N2O2/c17-10-12(11-18)16(8-4-1-5-9-16)15-19-13-6-2-3-7-14(13)20-15/h2-3,6-7,12,15H,1,4-5,8-9H2. The van der Waals surface area contributed by atoms with Gasteiger partial charge in [-0.25, -0.2) is 0 Å². The first-order valence-corrected chi connectivity index (χ1v) is 7.02. The molecule has 1 heterocycles. The van der Waals surface area contributed by atoms with Crippen LogP contribution in [-0.2, 0) is 0 Å². The summed E-state index contributed by atoms with van der Waals surface area (Å²) in [6, 6.07) is 11.8. The highest BCUT2D eigenvalue weighted by molar-refractivity contribution is 5.42. The number of fused-ring (bicyclic) bond motifs is 1. The van der Waals surface area contributed by atoms with Crippen molar-refractivity contribution < 1.29 is 9.47 Å². The normalized spacial score (nSPS) is 20.4. The first kappa shape index (κ1) is 12.8. The summed E-state index contributed by atoms with van der Waals surface area (Å²) >= 11 is 0. The Balaban J connectivity index is 1.93. The van der Waals surface area contributed by atoms with Gasteiger partial charge in [0.15, 0.2) is 11.5 Å². The van der Waals surface area contributed by atoms with Gasteiger partial charge >= 0.3 is 0 Å². The molecule has 0 spiro atoms. The number of rotatable bonds is 2. The molecule has 2 aliphatic rings. The minimum absolute atomic E-state index is 0.513. The number of hydrogen-bond acceptors (Lipinski definition) is 4. The van der Waals surface area contributed by atoms with E-state index in [1.54, 1.807) is 0 Å². The lowest BCUT2D eigenvalue weighted by Crippen LogP contribution is -2.47. The zero-order valence-electron chi connectivity index (χ0n) is 11.2. The Kier molecular flexibility index (Phi) is 3.24. The predicted octanol–water partition coefficient (Wildman–Crippen LogP) is 3.40. The molecule has 4 heteroatoms. The van der Waals surface area contributed by atoms with Crippen LogP contribution in [0, 0.1) is 34.0 Å². The molecule has 0 aromatic heterocycles. The molecule has 0 atom stereocenters. The van der Waals surface area contributed by atoms with E-state index in [1.807, 2.05) is 24.3 Å². The van der Waals surface area contributed by atoms with E-state index in [0.29, 0.717) is 11.5 Å². The van der Waals surface area contributed by atoms with E-state index in [1.165, 1.54) is 0 Å². The molecular formula is C16H16N2O2. The summed E-state index contributed by atoms with van der Waals surface area (Å²) in [6.07, 6.45) is 4.25. The molecule has 0 unspecified atom stereocenters. The molecule has 1 fully saturated rings. The maximum absolute atomic E-state index is 9.34. The topological polar surface area (TPSA) is 66.0 Å². The van der Waals surface area contributed by atoms with Crippen LogP contribution >= 0.6 is 0 Å². The summed E-state index contributed by atoms with van der Waals surface area (Å²) in [5.41, 5.74) is -0.513. The van der Waals surface area contributed by atoms with Gasteiger partial charge in [-0.2, -0.15) is 10.5 Å². The second kappa shape index (κ2) is 5.06. The van der Waals surface area contributed by atoms with Gasteiger partial charge in [0.25, 0.3) is 0 Å². The van der Waals surface area contributed by atoms with E-state index in [0.717, 1.165) is 32.1 Å². The summed E-state index contributed by atoms with van der Waals surface area (Å²) in [4.78, 5) is 0. The van der Waals surface area contributed by atoms with Crippen molar-refractivity contribution in [1.82, 2.24) is 0 Å². The molecule has 102 valence electrons. The highest BCUT2D eigenvalue weighted by Crippen LogP contribution is 2.50. The highest BCUT2D eigenvalue weighted by atomic mass is 16.7. The van der Waals surface area contributed by atoms with E-state index in [2.05, 4.69) is 12.1 Å². The second-order valence-corrected chi connectivity index (χ2v) is 5.50. The molecule has 20 heavy (non-hydrogen) atoms. The van der Waals surface area contributed by atoms with Gasteiger partial charge in [0.1, 0.15) is 5.92 Å². The zero-order valence-corrected chi connectivity index (χ0v) is 11.2. The van der Waals surface area contributed by atoms with Crippen molar-refractivity contribution >= 4 is 0 Å². The molecule has 0 radical (unpaired) electrons. The lowest BCUT2D eigenvalue weighted by Gasteiger charge is -2.40. The summed E-state index contributed by atoms with van der Waals surface area (Å²) in [5, 5.41) is 18.7. The number of nitriles is 2. The fourth-order valence-electron chi connectivity index (χ4n) is 3.29. The number of benzene rings is 1. The average Bonchev–Trinajstić information content (AvgIpc) is 2.94. The van der Waals surface area contributed by atoms with Gasteiger partial charge < -0.3 is 9.47 Å². The molecule has 3 rings (SSSR count). The van der Waals surface area contributed by atoms with Crippen LogP contribution in [0.5, 0.6) is 11.5 Å². The SMILES string of the molecule is N#CC(C#N)C1(C2Oc3ccccc3O2)CCCCC1. The van der Waals surface area contributed by atoms with Crippen molar-refractivity contribution in [2.75, 3.05) is 0 Å². The Morgan fingerprint density at radius 3 is 2.05 bits per heavy atom. The van der Waals surface area contributed by atoms with E-state index in [9.17, 15) is 10.5 Å². The molecule has 4 nitrogen and oxygen atoms in total. The van der Waals surface area contributed by atoms with E-state index in [-0.39, 0.29) is 0 Å². The van der Waals surface area contributed by atoms with Crippen molar-refractivity contribution in [2.45, 2.75) is 38.4 Å². The van der Waals surface area contributed by atoms with Crippen LogP contribution in [0.2, 0.25) is 0 Å². The number of para-hydroxylation sites is 2. The van der Waals surface area contributed by atoms with Crippen LogP contribution in [0.25, 0.3) is 0 Å². The molecule has 0 amide bonds. The van der Waals surface area contributed by atoms with Crippen LogP contribution in [0.15, 0.2) is 24.3 Å². The van der Waals surface area contributed by atoms with Crippen molar-refractivity contribution in [3.8, 4) is 23.6 Å². The van der Waals surface area contributed by atoms with Crippen molar-refractivity contribution in [3.63, 3.8) is 0 Å². The first-order valence-electron chi connectivity index (χ1n) is 7.02. The fraction of sp³-hybridized carbons (Fsp3) is 0.500. The molecular weight excluding hydrogens is 252 g/mol. The maximum atomic E-state index is 9.34. The second-order valence-electron chi connectivity index (χ2n) is 5.50. The van der Waals surface area contributed by atoms with Gasteiger partial charge in [-0.05, 0) is 25.0 Å². The first-order chi connectivity index (χ1) is 9.80. The number of hydrogen-bond donors (Lipinski definition) is 0. The van der Waals surface area contributed by atoms with Gasteiger partial charge in [-0.3, -0.25) is 0 Å². The smallest absolute Gasteiger partial charge is 0.249 e. The molecule has 0 saturated heterocycles.